The zero-order valence-electron chi connectivity index (χ0n) is 23.0. The van der Waals surface area contributed by atoms with Crippen molar-refractivity contribution in [3.63, 3.8) is 0 Å². The molecule has 1 aliphatic rings. The number of aryl methyl sites for hydroxylation is 3. The summed E-state index contributed by atoms with van der Waals surface area (Å²) in [4.78, 5) is 19.2. The number of nitrogens with zero attached hydrogens (tertiary/aromatic N) is 6. The standard InChI is InChI=1S/C30H33N9O/c1-19-15-33-30(35-27-14-21(3)38(4)37-27)36-28(19)25-16-32-29-24(25)6-5-7-26(29)34-20(2)17-39-13-10-23(18-39)40-22-8-11-31-12-9-22/h5-9,11-12,14-16,23,32,34H,2,10,13,17-18H2,1,3-4H3,(H,33,35,36,37)/t23-/m1/s1. The molecule has 3 N–H and O–H groups in total. The Morgan fingerprint density at radius 3 is 2.85 bits per heavy atom. The molecule has 1 fully saturated rings. The smallest absolute Gasteiger partial charge is 0.228 e. The highest BCUT2D eigenvalue weighted by molar-refractivity contribution is 6.01. The Kier molecular flexibility index (Phi) is 6.91. The fourth-order valence-corrected chi connectivity index (χ4v) is 5.11. The lowest BCUT2D eigenvalue weighted by Crippen LogP contribution is -2.28. The number of fused-ring (bicyclic) bond motifs is 1. The van der Waals surface area contributed by atoms with Gasteiger partial charge in [-0.3, -0.25) is 14.6 Å². The number of ether oxygens (including phenoxy) is 1. The Hall–Kier alpha value is -4.70. The number of aromatic nitrogens is 6. The highest BCUT2D eigenvalue weighted by Crippen LogP contribution is 2.34. The van der Waals surface area contributed by atoms with Crippen LogP contribution in [0, 0.1) is 13.8 Å². The van der Waals surface area contributed by atoms with Gasteiger partial charge >= 0.3 is 0 Å². The van der Waals surface area contributed by atoms with E-state index in [1.54, 1.807) is 12.4 Å². The first kappa shape index (κ1) is 25.6. The number of hydrogen-bond acceptors (Lipinski definition) is 8. The van der Waals surface area contributed by atoms with Crippen LogP contribution in [0.5, 0.6) is 5.75 Å². The van der Waals surface area contributed by atoms with Gasteiger partial charge in [0.2, 0.25) is 5.95 Å². The van der Waals surface area contributed by atoms with E-state index in [0.29, 0.717) is 11.8 Å². The van der Waals surface area contributed by atoms with Crippen LogP contribution in [0.15, 0.2) is 73.5 Å². The van der Waals surface area contributed by atoms with Crippen molar-refractivity contribution in [2.45, 2.75) is 26.4 Å². The minimum atomic E-state index is 0.168. The summed E-state index contributed by atoms with van der Waals surface area (Å²) in [5, 5.41) is 12.3. The Labute approximate surface area is 233 Å². The zero-order valence-corrected chi connectivity index (χ0v) is 23.0. The molecule has 0 saturated carbocycles. The van der Waals surface area contributed by atoms with Gasteiger partial charge in [0.1, 0.15) is 11.9 Å². The normalized spacial score (nSPS) is 15.4. The van der Waals surface area contributed by atoms with Gasteiger partial charge in [-0.05, 0) is 44.0 Å². The number of likely N-dealkylation sites (tertiary alicyclic amines) is 1. The van der Waals surface area contributed by atoms with Crippen molar-refractivity contribution in [3.05, 3.63) is 84.7 Å². The summed E-state index contributed by atoms with van der Waals surface area (Å²) >= 11 is 0. The van der Waals surface area contributed by atoms with E-state index in [9.17, 15) is 0 Å². The molecule has 0 radical (unpaired) electrons. The molecule has 6 rings (SSSR count). The Balaban J connectivity index is 1.15. The first-order chi connectivity index (χ1) is 19.4. The first-order valence-corrected chi connectivity index (χ1v) is 13.4. The number of pyridine rings is 1. The largest absolute Gasteiger partial charge is 0.489 e. The minimum absolute atomic E-state index is 0.168. The average Bonchev–Trinajstić information content (AvgIpc) is 3.65. The monoisotopic (exact) mass is 535 g/mol. The Morgan fingerprint density at radius 2 is 2.05 bits per heavy atom. The summed E-state index contributed by atoms with van der Waals surface area (Å²) in [7, 11) is 1.91. The molecule has 40 heavy (non-hydrogen) atoms. The maximum absolute atomic E-state index is 6.11. The van der Waals surface area contributed by atoms with Gasteiger partial charge in [0, 0.05) is 79.9 Å². The van der Waals surface area contributed by atoms with Gasteiger partial charge in [0.15, 0.2) is 5.82 Å². The number of hydrogen-bond donors (Lipinski definition) is 3. The lowest BCUT2D eigenvalue weighted by atomic mass is 10.1. The number of nitrogens with one attached hydrogen (secondary N) is 3. The fourth-order valence-electron chi connectivity index (χ4n) is 5.11. The molecule has 10 nitrogen and oxygen atoms in total. The van der Waals surface area contributed by atoms with Gasteiger partial charge in [-0.1, -0.05) is 18.7 Å². The van der Waals surface area contributed by atoms with Gasteiger partial charge in [0.25, 0.3) is 0 Å². The summed E-state index contributed by atoms with van der Waals surface area (Å²) in [5.74, 6) is 2.08. The maximum atomic E-state index is 6.11. The van der Waals surface area contributed by atoms with E-state index < -0.39 is 0 Å². The fraction of sp³-hybridized carbons (Fsp3) is 0.267. The predicted octanol–water partition coefficient (Wildman–Crippen LogP) is 5.19. The summed E-state index contributed by atoms with van der Waals surface area (Å²) in [6.07, 6.45) is 8.51. The summed E-state index contributed by atoms with van der Waals surface area (Å²) in [6, 6.07) is 12.0. The van der Waals surface area contributed by atoms with Crippen LogP contribution in [0.2, 0.25) is 0 Å². The summed E-state index contributed by atoms with van der Waals surface area (Å²) < 4.78 is 7.93. The SMILES string of the molecule is C=C(CN1CC[C@@H](Oc2ccncc2)C1)Nc1cccc2c(-c3nc(Nc4cc(C)n(C)n4)ncc3C)c[nH]c12. The van der Waals surface area contributed by atoms with Gasteiger partial charge in [-0.25, -0.2) is 9.97 Å². The molecule has 1 saturated heterocycles. The van der Waals surface area contributed by atoms with Crippen molar-refractivity contribution in [3.8, 4) is 17.0 Å². The quantitative estimate of drug-likeness (QED) is 0.237. The molecule has 0 bridgehead atoms. The van der Waals surface area contributed by atoms with Gasteiger partial charge in [0.05, 0.1) is 16.9 Å². The lowest BCUT2D eigenvalue weighted by Gasteiger charge is -2.19. The molecular weight excluding hydrogens is 502 g/mol. The van der Waals surface area contributed by atoms with Crippen molar-refractivity contribution in [1.82, 2.24) is 34.6 Å². The predicted molar refractivity (Wildman–Crippen MR) is 158 cm³/mol. The van der Waals surface area contributed by atoms with Crippen LogP contribution in [-0.2, 0) is 7.05 Å². The molecule has 0 spiro atoms. The first-order valence-electron chi connectivity index (χ1n) is 13.4. The molecule has 204 valence electrons. The van der Waals surface area contributed by atoms with Crippen molar-refractivity contribution in [2.24, 2.45) is 7.05 Å². The second-order valence-electron chi connectivity index (χ2n) is 10.3. The van der Waals surface area contributed by atoms with Crippen LogP contribution in [0.4, 0.5) is 17.5 Å². The highest BCUT2D eigenvalue weighted by atomic mass is 16.5. The van der Waals surface area contributed by atoms with E-state index in [0.717, 1.165) is 76.6 Å². The molecule has 10 heteroatoms. The second kappa shape index (κ2) is 10.8. The van der Waals surface area contributed by atoms with E-state index in [-0.39, 0.29) is 6.10 Å². The number of para-hydroxylation sites is 1. The third-order valence-electron chi connectivity index (χ3n) is 7.20. The van der Waals surface area contributed by atoms with Crippen LogP contribution in [0.25, 0.3) is 22.2 Å². The number of rotatable bonds is 9. The molecule has 0 aliphatic carbocycles. The number of anilines is 3. The van der Waals surface area contributed by atoms with Crippen molar-refractivity contribution in [2.75, 3.05) is 30.3 Å². The van der Waals surface area contributed by atoms with Crippen molar-refractivity contribution in [1.29, 1.82) is 0 Å². The molecule has 5 heterocycles. The van der Waals surface area contributed by atoms with Crippen molar-refractivity contribution >= 4 is 28.4 Å². The highest BCUT2D eigenvalue weighted by Gasteiger charge is 2.24. The lowest BCUT2D eigenvalue weighted by molar-refractivity contribution is 0.203. The molecule has 0 amide bonds. The topological polar surface area (TPSA) is 109 Å². The van der Waals surface area contributed by atoms with E-state index >= 15 is 0 Å². The molecule has 4 aromatic heterocycles. The molecule has 1 aliphatic heterocycles. The molecule has 1 aromatic carbocycles. The summed E-state index contributed by atoms with van der Waals surface area (Å²) in [5.41, 5.74) is 6.84. The van der Waals surface area contributed by atoms with Crippen molar-refractivity contribution < 1.29 is 4.74 Å². The Bertz CT molecular complexity index is 1640. The summed E-state index contributed by atoms with van der Waals surface area (Å²) in [6.45, 7) is 10.9. The average molecular weight is 536 g/mol. The minimum Gasteiger partial charge on any atom is -0.489 e. The van der Waals surface area contributed by atoms with Gasteiger partial charge in [-0.15, -0.1) is 0 Å². The van der Waals surface area contributed by atoms with Crippen LogP contribution < -0.4 is 15.4 Å². The number of benzene rings is 1. The maximum Gasteiger partial charge on any atom is 0.228 e. The van der Waals surface area contributed by atoms with E-state index in [1.165, 1.54) is 0 Å². The second-order valence-corrected chi connectivity index (χ2v) is 10.3. The number of aromatic amines is 1. The Morgan fingerprint density at radius 1 is 1.20 bits per heavy atom. The van der Waals surface area contributed by atoms with Gasteiger partial charge < -0.3 is 20.4 Å². The van der Waals surface area contributed by atoms with Gasteiger partial charge in [-0.2, -0.15) is 5.10 Å². The zero-order chi connectivity index (χ0) is 27.6. The third kappa shape index (κ3) is 5.39. The number of H-pyrrole nitrogens is 1. The van der Waals surface area contributed by atoms with E-state index in [1.807, 2.05) is 56.2 Å². The van der Waals surface area contributed by atoms with Crippen LogP contribution in [0.3, 0.4) is 0 Å². The van der Waals surface area contributed by atoms with Crippen LogP contribution >= 0.6 is 0 Å². The molecule has 0 unspecified atom stereocenters. The third-order valence-corrected chi connectivity index (χ3v) is 7.20. The van der Waals surface area contributed by atoms with Crippen LogP contribution in [0.1, 0.15) is 17.7 Å². The van der Waals surface area contributed by atoms with E-state index in [4.69, 9.17) is 9.72 Å². The van der Waals surface area contributed by atoms with E-state index in [2.05, 4.69) is 60.4 Å². The molecule has 1 atom stereocenters. The molecule has 5 aromatic rings. The van der Waals surface area contributed by atoms with Crippen LogP contribution in [-0.4, -0.2) is 60.4 Å². The molecular formula is C30H33N9O.